The Labute approximate surface area is 97.7 Å². The van der Waals surface area contributed by atoms with Gasteiger partial charge in [0.1, 0.15) is 0 Å². The molecule has 82 valence electrons. The molecular formula is C9H11Cl2N3O. The summed E-state index contributed by atoms with van der Waals surface area (Å²) < 4.78 is 0. The first kappa shape index (κ1) is 11.9. The van der Waals surface area contributed by atoms with Gasteiger partial charge in [0.05, 0.1) is 21.8 Å². The average molecular weight is 248 g/mol. The van der Waals surface area contributed by atoms with Crippen molar-refractivity contribution in [2.75, 3.05) is 5.32 Å². The number of nitrogens with zero attached hydrogens (tertiary/aromatic N) is 1. The lowest BCUT2D eigenvalue weighted by Gasteiger charge is -2.15. The number of oxime groups is 1. The molecule has 4 nitrogen and oxygen atoms in total. The van der Waals surface area contributed by atoms with Crippen LogP contribution in [0.25, 0.3) is 0 Å². The van der Waals surface area contributed by atoms with Gasteiger partial charge in [0.25, 0.3) is 0 Å². The van der Waals surface area contributed by atoms with Gasteiger partial charge in [-0.15, -0.1) is 0 Å². The zero-order valence-electron chi connectivity index (χ0n) is 8.04. The topological polar surface area (TPSA) is 70.6 Å². The van der Waals surface area contributed by atoms with E-state index in [1.54, 1.807) is 25.1 Å². The van der Waals surface area contributed by atoms with Crippen LogP contribution in [0.5, 0.6) is 0 Å². The molecule has 1 rings (SSSR count). The minimum Gasteiger partial charge on any atom is -0.409 e. The predicted octanol–water partition coefficient (Wildman–Crippen LogP) is 2.54. The molecule has 0 aliphatic carbocycles. The lowest BCUT2D eigenvalue weighted by molar-refractivity contribution is 0.316. The second-order valence-corrected chi connectivity index (χ2v) is 3.78. The smallest absolute Gasteiger partial charge is 0.161 e. The minimum atomic E-state index is -0.328. The fraction of sp³-hybridized carbons (Fsp3) is 0.222. The monoisotopic (exact) mass is 247 g/mol. The number of hydrogen-bond acceptors (Lipinski definition) is 3. The van der Waals surface area contributed by atoms with Crippen molar-refractivity contribution < 1.29 is 5.21 Å². The molecule has 0 spiro atoms. The zero-order chi connectivity index (χ0) is 11.4. The molecule has 6 heteroatoms. The molecule has 0 amide bonds. The maximum Gasteiger partial charge on any atom is 0.161 e. The van der Waals surface area contributed by atoms with Crippen molar-refractivity contribution in [2.24, 2.45) is 10.9 Å². The van der Waals surface area contributed by atoms with Crippen LogP contribution in [0.1, 0.15) is 6.92 Å². The number of anilines is 1. The van der Waals surface area contributed by atoms with E-state index in [-0.39, 0.29) is 11.9 Å². The third-order valence-corrected chi connectivity index (χ3v) is 2.70. The molecule has 1 aromatic carbocycles. The summed E-state index contributed by atoms with van der Waals surface area (Å²) in [4.78, 5) is 0. The van der Waals surface area contributed by atoms with Crippen molar-refractivity contribution in [3.63, 3.8) is 0 Å². The standard InChI is InChI=1S/C9H11Cl2N3O/c1-5(9(12)14-15)13-7-4-2-3-6(10)8(7)11/h2-5,13,15H,1H3,(H2,12,14). The Morgan fingerprint density at radius 1 is 1.53 bits per heavy atom. The van der Waals surface area contributed by atoms with Gasteiger partial charge in [0.15, 0.2) is 5.84 Å². The largest absolute Gasteiger partial charge is 0.409 e. The molecule has 4 N–H and O–H groups in total. The van der Waals surface area contributed by atoms with Crippen molar-refractivity contribution in [2.45, 2.75) is 13.0 Å². The van der Waals surface area contributed by atoms with E-state index in [2.05, 4.69) is 10.5 Å². The van der Waals surface area contributed by atoms with E-state index in [0.717, 1.165) is 0 Å². The first-order valence-corrected chi connectivity index (χ1v) is 4.99. The van der Waals surface area contributed by atoms with Crippen LogP contribution >= 0.6 is 23.2 Å². The number of halogens is 2. The first-order chi connectivity index (χ1) is 7.06. The van der Waals surface area contributed by atoms with Crippen molar-refractivity contribution in [3.05, 3.63) is 28.2 Å². The molecule has 15 heavy (non-hydrogen) atoms. The van der Waals surface area contributed by atoms with Crippen LogP contribution in [0, 0.1) is 0 Å². The maximum absolute atomic E-state index is 8.47. The second kappa shape index (κ2) is 5.09. The Hall–Kier alpha value is -1.13. The lowest BCUT2D eigenvalue weighted by Crippen LogP contribution is -2.32. The van der Waals surface area contributed by atoms with Gasteiger partial charge in [-0.3, -0.25) is 0 Å². The molecule has 1 atom stereocenters. The highest BCUT2D eigenvalue weighted by Crippen LogP contribution is 2.29. The zero-order valence-corrected chi connectivity index (χ0v) is 9.55. The quantitative estimate of drug-likeness (QED) is 0.333. The summed E-state index contributed by atoms with van der Waals surface area (Å²) in [5, 5.41) is 15.2. The van der Waals surface area contributed by atoms with Gasteiger partial charge in [0.2, 0.25) is 0 Å². The fourth-order valence-electron chi connectivity index (χ4n) is 1.01. The third-order valence-electron chi connectivity index (χ3n) is 1.88. The average Bonchev–Trinajstić information content (AvgIpc) is 2.23. The van der Waals surface area contributed by atoms with Crippen LogP contribution in [0.3, 0.4) is 0 Å². The van der Waals surface area contributed by atoms with Crippen LogP contribution in [-0.2, 0) is 0 Å². The summed E-state index contributed by atoms with van der Waals surface area (Å²) in [6.45, 7) is 1.74. The lowest BCUT2D eigenvalue weighted by atomic mass is 10.2. The van der Waals surface area contributed by atoms with Gasteiger partial charge in [-0.2, -0.15) is 0 Å². The van der Waals surface area contributed by atoms with E-state index in [1.165, 1.54) is 0 Å². The van der Waals surface area contributed by atoms with E-state index >= 15 is 0 Å². The minimum absolute atomic E-state index is 0.0750. The predicted molar refractivity (Wildman–Crippen MR) is 63.0 cm³/mol. The van der Waals surface area contributed by atoms with Gasteiger partial charge in [-0.05, 0) is 19.1 Å². The number of rotatable bonds is 3. The van der Waals surface area contributed by atoms with Gasteiger partial charge in [-0.1, -0.05) is 34.4 Å². The Morgan fingerprint density at radius 3 is 2.80 bits per heavy atom. The van der Waals surface area contributed by atoms with Crippen LogP contribution < -0.4 is 11.1 Å². The Balaban J connectivity index is 2.86. The van der Waals surface area contributed by atoms with Crippen molar-refractivity contribution in [1.82, 2.24) is 0 Å². The van der Waals surface area contributed by atoms with Crippen molar-refractivity contribution in [1.29, 1.82) is 0 Å². The van der Waals surface area contributed by atoms with Crippen molar-refractivity contribution >= 4 is 34.7 Å². The highest BCUT2D eigenvalue weighted by Gasteiger charge is 2.10. The van der Waals surface area contributed by atoms with Gasteiger partial charge in [0, 0.05) is 0 Å². The summed E-state index contributed by atoms with van der Waals surface area (Å²) in [6, 6.07) is 4.87. The molecule has 0 saturated carbocycles. The Bertz CT molecular complexity index is 382. The Kier molecular flexibility index (Phi) is 4.05. The van der Waals surface area contributed by atoms with E-state index in [9.17, 15) is 0 Å². The maximum atomic E-state index is 8.47. The molecule has 0 fully saturated rings. The third kappa shape index (κ3) is 2.91. The number of nitrogens with one attached hydrogen (secondary N) is 1. The molecule has 0 aliphatic rings. The van der Waals surface area contributed by atoms with Gasteiger partial charge >= 0.3 is 0 Å². The van der Waals surface area contributed by atoms with E-state index in [0.29, 0.717) is 15.7 Å². The molecule has 1 aromatic rings. The van der Waals surface area contributed by atoms with Gasteiger partial charge < -0.3 is 16.3 Å². The van der Waals surface area contributed by atoms with Crippen LogP contribution in [0.15, 0.2) is 23.4 Å². The fourth-order valence-corrected chi connectivity index (χ4v) is 1.36. The molecule has 0 saturated heterocycles. The van der Waals surface area contributed by atoms with E-state index in [4.69, 9.17) is 34.1 Å². The Morgan fingerprint density at radius 2 is 2.20 bits per heavy atom. The molecule has 1 unspecified atom stereocenters. The van der Waals surface area contributed by atoms with Gasteiger partial charge in [-0.25, -0.2) is 0 Å². The van der Waals surface area contributed by atoms with E-state index in [1.807, 2.05) is 0 Å². The molecule has 0 aromatic heterocycles. The van der Waals surface area contributed by atoms with Crippen molar-refractivity contribution in [3.8, 4) is 0 Å². The summed E-state index contributed by atoms with van der Waals surface area (Å²) >= 11 is 11.8. The number of nitrogens with two attached hydrogens (primary N) is 1. The van der Waals surface area contributed by atoms with Crippen LogP contribution in [0.2, 0.25) is 10.0 Å². The number of amidine groups is 1. The summed E-state index contributed by atoms with van der Waals surface area (Å²) in [7, 11) is 0. The molecule has 0 aliphatic heterocycles. The van der Waals surface area contributed by atoms with Crippen LogP contribution in [0.4, 0.5) is 5.69 Å². The summed E-state index contributed by atoms with van der Waals surface area (Å²) in [5.41, 5.74) is 6.06. The number of benzene rings is 1. The highest BCUT2D eigenvalue weighted by molar-refractivity contribution is 6.43. The van der Waals surface area contributed by atoms with E-state index < -0.39 is 0 Å². The highest BCUT2D eigenvalue weighted by atomic mass is 35.5. The molecule has 0 bridgehead atoms. The molecule has 0 heterocycles. The SMILES string of the molecule is CC(Nc1cccc(Cl)c1Cl)C(N)=NO. The van der Waals surface area contributed by atoms with Crippen LogP contribution in [-0.4, -0.2) is 17.1 Å². The molecule has 0 radical (unpaired) electrons. The first-order valence-electron chi connectivity index (χ1n) is 4.24. The summed E-state index contributed by atoms with van der Waals surface area (Å²) in [6.07, 6.45) is 0. The normalized spacial score (nSPS) is 13.7. The summed E-state index contributed by atoms with van der Waals surface area (Å²) in [5.74, 6) is 0.0750. The number of hydrogen-bond donors (Lipinski definition) is 3. The second-order valence-electron chi connectivity index (χ2n) is 2.99. The molecular weight excluding hydrogens is 237 g/mol.